The van der Waals surface area contributed by atoms with Gasteiger partial charge in [0.2, 0.25) is 0 Å². The number of rotatable bonds is 0. The van der Waals surface area contributed by atoms with Crippen molar-refractivity contribution in [1.82, 2.24) is 0 Å². The van der Waals surface area contributed by atoms with Crippen LogP contribution in [0.3, 0.4) is 0 Å². The third-order valence-corrected chi connectivity index (χ3v) is 2.98. The lowest BCUT2D eigenvalue weighted by Crippen LogP contribution is -2.07. The molecule has 2 aliphatic carbocycles. The van der Waals surface area contributed by atoms with Gasteiger partial charge in [-0.1, -0.05) is 54.6 Å². The summed E-state index contributed by atoms with van der Waals surface area (Å²) in [5.41, 5.74) is 4.24. The lowest BCUT2D eigenvalue weighted by atomic mass is 9.81. The molecule has 0 N–H and O–H groups in total. The van der Waals surface area contributed by atoms with Gasteiger partial charge in [0.15, 0.2) is 0 Å². The molecule has 1 atom stereocenters. The molecule has 0 heterocycles. The maximum absolute atomic E-state index is 2.32. The van der Waals surface area contributed by atoms with E-state index in [1.165, 1.54) is 16.7 Å². The van der Waals surface area contributed by atoms with Crippen molar-refractivity contribution >= 4 is 11.6 Å². The van der Waals surface area contributed by atoms with Crippen molar-refractivity contribution in [3.8, 4) is 0 Å². The minimum atomic E-state index is 0.606. The van der Waals surface area contributed by atoms with Crippen molar-refractivity contribution in [1.29, 1.82) is 0 Å². The van der Waals surface area contributed by atoms with E-state index in [1.807, 2.05) is 0 Å². The molecule has 0 fully saturated rings. The van der Waals surface area contributed by atoms with Crippen molar-refractivity contribution < 1.29 is 0 Å². The second kappa shape index (κ2) is 2.98. The molecule has 2 aliphatic rings. The zero-order valence-electron chi connectivity index (χ0n) is 7.98. The highest BCUT2D eigenvalue weighted by Crippen LogP contribution is 2.36. The van der Waals surface area contributed by atoms with E-state index in [-0.39, 0.29) is 0 Å². The third-order valence-electron chi connectivity index (χ3n) is 2.98. The number of hydrogen-bond acceptors (Lipinski definition) is 0. The summed E-state index contributed by atoms with van der Waals surface area (Å²) in [6, 6.07) is 8.62. The van der Waals surface area contributed by atoms with Crippen molar-refractivity contribution in [2.45, 2.75) is 6.42 Å². The van der Waals surface area contributed by atoms with E-state index < -0.39 is 0 Å². The van der Waals surface area contributed by atoms with Gasteiger partial charge >= 0.3 is 0 Å². The first-order valence-corrected chi connectivity index (χ1v) is 5.09. The minimum Gasteiger partial charge on any atom is -0.0836 e. The Labute approximate surface area is 84.3 Å². The molecule has 14 heavy (non-hydrogen) atoms. The van der Waals surface area contributed by atoms with Gasteiger partial charge in [-0.2, -0.15) is 0 Å². The molecule has 1 aromatic carbocycles. The van der Waals surface area contributed by atoms with E-state index in [0.29, 0.717) is 5.92 Å². The van der Waals surface area contributed by atoms with Crippen LogP contribution in [-0.2, 0) is 0 Å². The lowest BCUT2D eigenvalue weighted by Gasteiger charge is -2.24. The summed E-state index contributed by atoms with van der Waals surface area (Å²) >= 11 is 0. The van der Waals surface area contributed by atoms with Gasteiger partial charge in [0.05, 0.1) is 0 Å². The van der Waals surface area contributed by atoms with Crippen molar-refractivity contribution in [3.05, 3.63) is 59.7 Å². The minimum absolute atomic E-state index is 0.606. The van der Waals surface area contributed by atoms with Crippen LogP contribution < -0.4 is 0 Å². The summed E-state index contributed by atoms with van der Waals surface area (Å²) in [5, 5.41) is 0. The molecule has 0 nitrogen and oxygen atoms in total. The Morgan fingerprint density at radius 1 is 1.14 bits per heavy atom. The number of benzene rings is 1. The van der Waals surface area contributed by atoms with Crippen LogP contribution >= 0.6 is 0 Å². The Hall–Kier alpha value is -1.56. The maximum Gasteiger partial charge on any atom is 0.00620 e. The van der Waals surface area contributed by atoms with Crippen molar-refractivity contribution in [3.63, 3.8) is 0 Å². The first-order chi connectivity index (χ1) is 6.95. The summed E-state index contributed by atoms with van der Waals surface area (Å²) in [4.78, 5) is 0. The second-order valence-electron chi connectivity index (χ2n) is 3.84. The van der Waals surface area contributed by atoms with Gasteiger partial charge in [0, 0.05) is 5.92 Å². The Morgan fingerprint density at radius 3 is 3.07 bits per heavy atom. The summed E-state index contributed by atoms with van der Waals surface area (Å²) < 4.78 is 0. The monoisotopic (exact) mass is 180 g/mol. The lowest BCUT2D eigenvalue weighted by molar-refractivity contribution is 0.842. The standard InChI is InChI=1S/C14H12/c1-3-7-13-11(5-1)9-10-12-6-2-4-8-14(12)13/h1-5,7-10,12H,6H2. The van der Waals surface area contributed by atoms with E-state index in [1.54, 1.807) is 0 Å². The largest absolute Gasteiger partial charge is 0.0836 e. The molecule has 0 radical (unpaired) electrons. The molecule has 1 unspecified atom stereocenters. The van der Waals surface area contributed by atoms with Gasteiger partial charge in [-0.05, 0) is 23.1 Å². The topological polar surface area (TPSA) is 0 Å². The van der Waals surface area contributed by atoms with Crippen LogP contribution in [0.2, 0.25) is 0 Å². The van der Waals surface area contributed by atoms with Crippen LogP contribution in [0.5, 0.6) is 0 Å². The van der Waals surface area contributed by atoms with E-state index >= 15 is 0 Å². The molecular formula is C14H12. The van der Waals surface area contributed by atoms with Gasteiger partial charge < -0.3 is 0 Å². The first-order valence-electron chi connectivity index (χ1n) is 5.09. The Balaban J connectivity index is 2.22. The number of fused-ring (bicyclic) bond motifs is 3. The molecule has 0 saturated carbocycles. The molecular weight excluding hydrogens is 168 g/mol. The van der Waals surface area contributed by atoms with Crippen LogP contribution in [0.4, 0.5) is 0 Å². The predicted molar refractivity (Wildman–Crippen MR) is 60.7 cm³/mol. The van der Waals surface area contributed by atoms with Gasteiger partial charge in [0.1, 0.15) is 0 Å². The van der Waals surface area contributed by atoms with E-state index in [0.717, 1.165) is 6.42 Å². The summed E-state index contributed by atoms with van der Waals surface area (Å²) in [6.07, 6.45) is 12.4. The highest BCUT2D eigenvalue weighted by molar-refractivity contribution is 5.82. The van der Waals surface area contributed by atoms with Gasteiger partial charge in [-0.15, -0.1) is 0 Å². The summed E-state index contributed by atoms with van der Waals surface area (Å²) in [7, 11) is 0. The quantitative estimate of drug-likeness (QED) is 0.571. The van der Waals surface area contributed by atoms with Crippen LogP contribution in [0.1, 0.15) is 17.5 Å². The van der Waals surface area contributed by atoms with Gasteiger partial charge in [-0.3, -0.25) is 0 Å². The fourth-order valence-electron chi connectivity index (χ4n) is 2.24. The van der Waals surface area contributed by atoms with E-state index in [2.05, 4.69) is 54.6 Å². The maximum atomic E-state index is 2.32. The SMILES string of the molecule is C1=CCC2C=Cc3ccccc3C2=C1. The fourth-order valence-corrected chi connectivity index (χ4v) is 2.24. The van der Waals surface area contributed by atoms with Crippen molar-refractivity contribution in [2.24, 2.45) is 5.92 Å². The zero-order valence-corrected chi connectivity index (χ0v) is 7.98. The predicted octanol–water partition coefficient (Wildman–Crippen LogP) is 3.67. The van der Waals surface area contributed by atoms with Crippen LogP contribution in [0, 0.1) is 5.92 Å². The molecule has 1 aromatic rings. The third kappa shape index (κ3) is 1.07. The Kier molecular flexibility index (Phi) is 1.66. The average molecular weight is 180 g/mol. The smallest absolute Gasteiger partial charge is 0.00620 e. The highest BCUT2D eigenvalue weighted by Gasteiger charge is 2.19. The number of allylic oxidation sites excluding steroid dienone is 5. The molecule has 0 bridgehead atoms. The molecule has 0 aliphatic heterocycles. The van der Waals surface area contributed by atoms with Crippen LogP contribution in [-0.4, -0.2) is 0 Å². The molecule has 0 amide bonds. The average Bonchev–Trinajstić information content (AvgIpc) is 2.29. The van der Waals surface area contributed by atoms with Gasteiger partial charge in [-0.25, -0.2) is 0 Å². The Morgan fingerprint density at radius 2 is 2.07 bits per heavy atom. The van der Waals surface area contributed by atoms with E-state index in [4.69, 9.17) is 0 Å². The van der Waals surface area contributed by atoms with Gasteiger partial charge in [0.25, 0.3) is 0 Å². The molecule has 0 saturated heterocycles. The molecule has 0 spiro atoms. The normalized spacial score (nSPS) is 22.6. The van der Waals surface area contributed by atoms with Crippen LogP contribution in [0.15, 0.2) is 48.6 Å². The number of hydrogen-bond donors (Lipinski definition) is 0. The Bertz CT molecular complexity index is 447. The zero-order chi connectivity index (χ0) is 9.38. The first kappa shape index (κ1) is 7.81. The summed E-state index contributed by atoms with van der Waals surface area (Å²) in [5.74, 6) is 0.606. The highest BCUT2D eigenvalue weighted by atomic mass is 14.2. The molecule has 68 valence electrons. The molecule has 0 aromatic heterocycles. The summed E-state index contributed by atoms with van der Waals surface area (Å²) in [6.45, 7) is 0. The van der Waals surface area contributed by atoms with Crippen molar-refractivity contribution in [2.75, 3.05) is 0 Å². The molecule has 3 rings (SSSR count). The van der Waals surface area contributed by atoms with Crippen LogP contribution in [0.25, 0.3) is 11.6 Å². The molecule has 0 heteroatoms. The second-order valence-corrected chi connectivity index (χ2v) is 3.84. The van der Waals surface area contributed by atoms with E-state index in [9.17, 15) is 0 Å². The fraction of sp³-hybridized carbons (Fsp3) is 0.143.